The summed E-state index contributed by atoms with van der Waals surface area (Å²) in [7, 11) is 1.52. The van der Waals surface area contributed by atoms with Gasteiger partial charge in [0.25, 0.3) is 5.91 Å². The van der Waals surface area contributed by atoms with Crippen LogP contribution in [0.4, 0.5) is 4.39 Å². The lowest BCUT2D eigenvalue weighted by Crippen LogP contribution is -2.37. The molecule has 0 aliphatic carbocycles. The number of amides is 1. The van der Waals surface area contributed by atoms with Crippen LogP contribution in [0.15, 0.2) is 63.8 Å². The molecule has 0 N–H and O–H groups in total. The van der Waals surface area contributed by atoms with Crippen LogP contribution in [0.1, 0.15) is 23.0 Å². The normalized spacial score (nSPS) is 11.8. The van der Waals surface area contributed by atoms with Gasteiger partial charge in [-0.15, -0.1) is 0 Å². The number of ether oxygens (including phenoxy) is 1. The fraction of sp³-hybridized carbons (Fsp3) is 0.190. The van der Waals surface area contributed by atoms with Crippen molar-refractivity contribution in [1.82, 2.24) is 4.90 Å². The minimum atomic E-state index is -1.11. The van der Waals surface area contributed by atoms with E-state index in [1.165, 1.54) is 31.0 Å². The number of rotatable bonds is 5. The number of para-hydroxylation sites is 1. The summed E-state index contributed by atoms with van der Waals surface area (Å²) in [5.74, 6) is -2.07. The van der Waals surface area contributed by atoms with Gasteiger partial charge in [-0.3, -0.25) is 9.59 Å². The summed E-state index contributed by atoms with van der Waals surface area (Å²) in [6.45, 7) is 1.57. The number of benzene rings is 2. The van der Waals surface area contributed by atoms with E-state index in [0.717, 1.165) is 6.07 Å². The molecular formula is C21H18FNO5. The molecule has 0 radical (unpaired) electrons. The summed E-state index contributed by atoms with van der Waals surface area (Å²) in [5.41, 5.74) is 0.482. The van der Waals surface area contributed by atoms with Crippen molar-refractivity contribution in [3.05, 3.63) is 82.0 Å². The maximum Gasteiger partial charge on any atom is 0.375 e. The topological polar surface area (TPSA) is 76.8 Å². The molecule has 0 bridgehead atoms. The summed E-state index contributed by atoms with van der Waals surface area (Å²) >= 11 is 0. The molecule has 3 rings (SSSR count). The van der Waals surface area contributed by atoms with E-state index in [4.69, 9.17) is 9.15 Å². The molecule has 1 unspecified atom stereocenters. The van der Waals surface area contributed by atoms with Gasteiger partial charge in [0.2, 0.25) is 5.76 Å². The Bertz CT molecular complexity index is 1090. The van der Waals surface area contributed by atoms with Gasteiger partial charge in [-0.05, 0) is 36.8 Å². The highest BCUT2D eigenvalue weighted by molar-refractivity contribution is 5.91. The van der Waals surface area contributed by atoms with Crippen molar-refractivity contribution in [3.8, 4) is 0 Å². The first-order chi connectivity index (χ1) is 13.3. The molecule has 0 saturated heterocycles. The molecule has 2 aromatic carbocycles. The molecular weight excluding hydrogens is 365 g/mol. The van der Waals surface area contributed by atoms with Crippen molar-refractivity contribution in [2.24, 2.45) is 0 Å². The molecule has 28 heavy (non-hydrogen) atoms. The van der Waals surface area contributed by atoms with Gasteiger partial charge in [-0.1, -0.05) is 24.3 Å². The Morgan fingerprint density at radius 2 is 1.89 bits per heavy atom. The molecule has 1 heterocycles. The molecule has 3 aromatic rings. The number of carbonyl (C=O) groups excluding carboxylic acids is 2. The number of fused-ring (bicyclic) bond motifs is 1. The zero-order valence-electron chi connectivity index (χ0n) is 15.3. The first-order valence-corrected chi connectivity index (χ1v) is 8.58. The van der Waals surface area contributed by atoms with Crippen LogP contribution >= 0.6 is 0 Å². The fourth-order valence-corrected chi connectivity index (χ4v) is 2.77. The van der Waals surface area contributed by atoms with E-state index in [2.05, 4.69) is 0 Å². The van der Waals surface area contributed by atoms with Crippen LogP contribution in [0, 0.1) is 5.82 Å². The third-order valence-corrected chi connectivity index (χ3v) is 4.15. The molecule has 1 amide bonds. The third kappa shape index (κ3) is 4.25. The summed E-state index contributed by atoms with van der Waals surface area (Å²) in [6, 6.07) is 13.4. The molecule has 6 nitrogen and oxygen atoms in total. The van der Waals surface area contributed by atoms with Gasteiger partial charge < -0.3 is 14.1 Å². The number of hydrogen-bond donors (Lipinski definition) is 0. The quantitative estimate of drug-likeness (QED) is 0.633. The van der Waals surface area contributed by atoms with E-state index < -0.39 is 23.8 Å². The van der Waals surface area contributed by atoms with Gasteiger partial charge in [-0.2, -0.15) is 0 Å². The van der Waals surface area contributed by atoms with Crippen LogP contribution in [0.5, 0.6) is 0 Å². The minimum absolute atomic E-state index is 0.156. The Morgan fingerprint density at radius 3 is 2.64 bits per heavy atom. The number of esters is 1. The van der Waals surface area contributed by atoms with E-state index in [1.807, 2.05) is 0 Å². The van der Waals surface area contributed by atoms with Gasteiger partial charge in [0, 0.05) is 19.7 Å². The Balaban J connectivity index is 1.69. The van der Waals surface area contributed by atoms with Crippen molar-refractivity contribution in [3.63, 3.8) is 0 Å². The van der Waals surface area contributed by atoms with E-state index in [1.54, 1.807) is 36.4 Å². The number of nitrogens with zero attached hydrogens (tertiary/aromatic N) is 1. The Kier molecular flexibility index (Phi) is 5.54. The van der Waals surface area contributed by atoms with Crippen LogP contribution in [-0.2, 0) is 16.1 Å². The van der Waals surface area contributed by atoms with Crippen molar-refractivity contribution >= 4 is 22.8 Å². The SMILES string of the molecule is CC(OC(=O)c1cc(=O)c2ccccc2o1)C(=O)N(C)Cc1cccc(F)c1. The lowest BCUT2D eigenvalue weighted by Gasteiger charge is -2.21. The molecule has 144 valence electrons. The number of carbonyl (C=O) groups is 2. The maximum atomic E-state index is 13.3. The minimum Gasteiger partial charge on any atom is -0.449 e. The van der Waals surface area contributed by atoms with Crippen molar-refractivity contribution in [1.29, 1.82) is 0 Å². The van der Waals surface area contributed by atoms with E-state index in [-0.39, 0.29) is 23.3 Å². The largest absolute Gasteiger partial charge is 0.449 e. The first kappa shape index (κ1) is 19.3. The van der Waals surface area contributed by atoms with Gasteiger partial charge in [0.1, 0.15) is 11.4 Å². The number of halogens is 1. The van der Waals surface area contributed by atoms with Crippen LogP contribution in [-0.4, -0.2) is 29.9 Å². The van der Waals surface area contributed by atoms with Crippen LogP contribution in [0.25, 0.3) is 11.0 Å². The van der Waals surface area contributed by atoms with Gasteiger partial charge >= 0.3 is 5.97 Å². The van der Waals surface area contributed by atoms with Gasteiger partial charge in [0.05, 0.1) is 5.39 Å². The van der Waals surface area contributed by atoms with Crippen molar-refractivity contribution in [2.75, 3.05) is 7.05 Å². The lowest BCUT2D eigenvalue weighted by molar-refractivity contribution is -0.139. The second-order valence-electron chi connectivity index (χ2n) is 6.34. The standard InChI is InChI=1S/C21H18FNO5/c1-13(20(25)23(2)12-14-6-5-7-15(22)10-14)27-21(26)19-11-17(24)16-8-3-4-9-18(16)28-19/h3-11,13H,12H2,1-2H3. The molecule has 0 aliphatic rings. The van der Waals surface area contributed by atoms with E-state index >= 15 is 0 Å². The van der Waals surface area contributed by atoms with Crippen molar-refractivity contribution < 1.29 is 23.1 Å². The van der Waals surface area contributed by atoms with E-state index in [9.17, 15) is 18.8 Å². The molecule has 0 fully saturated rings. The summed E-state index contributed by atoms with van der Waals surface area (Å²) in [5, 5.41) is 0.345. The third-order valence-electron chi connectivity index (χ3n) is 4.15. The molecule has 0 aliphatic heterocycles. The predicted octanol–water partition coefficient (Wildman–Crippen LogP) is 3.14. The average molecular weight is 383 g/mol. The second kappa shape index (κ2) is 8.04. The molecule has 0 spiro atoms. The van der Waals surface area contributed by atoms with Gasteiger partial charge in [0.15, 0.2) is 11.5 Å². The highest BCUT2D eigenvalue weighted by atomic mass is 19.1. The smallest absolute Gasteiger partial charge is 0.375 e. The monoisotopic (exact) mass is 383 g/mol. The van der Waals surface area contributed by atoms with Crippen LogP contribution < -0.4 is 5.43 Å². The zero-order valence-corrected chi connectivity index (χ0v) is 15.3. The maximum absolute atomic E-state index is 13.3. The average Bonchev–Trinajstić information content (AvgIpc) is 2.67. The van der Waals surface area contributed by atoms with Gasteiger partial charge in [-0.25, -0.2) is 9.18 Å². The lowest BCUT2D eigenvalue weighted by atomic mass is 10.2. The number of hydrogen-bond acceptors (Lipinski definition) is 5. The fourth-order valence-electron chi connectivity index (χ4n) is 2.77. The van der Waals surface area contributed by atoms with Crippen LogP contribution in [0.2, 0.25) is 0 Å². The number of likely N-dealkylation sites (N-methyl/N-ethyl adjacent to an activating group) is 1. The summed E-state index contributed by atoms with van der Waals surface area (Å²) in [4.78, 5) is 38.2. The summed E-state index contributed by atoms with van der Waals surface area (Å²) in [6.07, 6.45) is -1.11. The Labute approximate surface area is 160 Å². The first-order valence-electron chi connectivity index (χ1n) is 8.58. The molecule has 1 atom stereocenters. The Morgan fingerprint density at radius 1 is 1.14 bits per heavy atom. The van der Waals surface area contributed by atoms with E-state index in [0.29, 0.717) is 10.9 Å². The summed E-state index contributed by atoms with van der Waals surface area (Å²) < 4.78 is 23.8. The highest BCUT2D eigenvalue weighted by Crippen LogP contribution is 2.14. The Hall–Kier alpha value is -3.48. The zero-order chi connectivity index (χ0) is 20.3. The molecule has 1 aromatic heterocycles. The molecule has 0 saturated carbocycles. The highest BCUT2D eigenvalue weighted by Gasteiger charge is 2.24. The van der Waals surface area contributed by atoms with Crippen molar-refractivity contribution in [2.45, 2.75) is 19.6 Å². The second-order valence-corrected chi connectivity index (χ2v) is 6.34. The predicted molar refractivity (Wildman–Crippen MR) is 100 cm³/mol. The van der Waals surface area contributed by atoms with Crippen LogP contribution in [0.3, 0.4) is 0 Å². The molecule has 7 heteroatoms.